The van der Waals surface area contributed by atoms with Gasteiger partial charge in [-0.1, -0.05) is 0 Å². The summed E-state index contributed by atoms with van der Waals surface area (Å²) < 4.78 is 0. The van der Waals surface area contributed by atoms with Crippen LogP contribution in [0.2, 0.25) is 0 Å². The van der Waals surface area contributed by atoms with E-state index in [1.54, 1.807) is 0 Å². The van der Waals surface area contributed by atoms with Gasteiger partial charge in [0.2, 0.25) is 0 Å². The SMILES string of the molecule is O.O.O.O.O.O.O.O.O=C1CCCCC1=O. The van der Waals surface area contributed by atoms with Crippen molar-refractivity contribution in [2.24, 2.45) is 0 Å². The molecule has 0 aliphatic heterocycles. The third kappa shape index (κ3) is 18.7. The molecule has 0 spiro atoms. The Bertz CT molecular complexity index is 119. The standard InChI is InChI=1S/C6H8O2.8H2O/c7-5-3-1-2-4-6(5)8;;;;;;;;/h1-4H2;8*1H2. The number of Topliss-reactive ketones (excluding diaryl/α,β-unsaturated/α-hetero) is 2. The van der Waals surface area contributed by atoms with E-state index in [0.29, 0.717) is 12.8 Å². The number of hydrogen-bond acceptors (Lipinski definition) is 2. The van der Waals surface area contributed by atoms with Crippen LogP contribution >= 0.6 is 0 Å². The van der Waals surface area contributed by atoms with Crippen LogP contribution in [0.5, 0.6) is 0 Å². The molecule has 1 rings (SSSR count). The summed E-state index contributed by atoms with van der Waals surface area (Å²) in [6.07, 6.45) is 2.78. The van der Waals surface area contributed by atoms with Crippen molar-refractivity contribution in [3.05, 3.63) is 0 Å². The largest absolute Gasteiger partial charge is 0.412 e. The zero-order valence-corrected chi connectivity index (χ0v) is 8.64. The van der Waals surface area contributed by atoms with E-state index in [9.17, 15) is 9.59 Å². The first-order chi connectivity index (χ1) is 3.80. The number of hydrogen-bond donors (Lipinski definition) is 0. The molecule has 0 amide bonds. The molecule has 10 heteroatoms. The fraction of sp³-hybridized carbons (Fsp3) is 0.667. The van der Waals surface area contributed by atoms with E-state index < -0.39 is 0 Å². The fourth-order valence-corrected chi connectivity index (χ4v) is 0.850. The lowest BCUT2D eigenvalue weighted by molar-refractivity contribution is -0.137. The van der Waals surface area contributed by atoms with Gasteiger partial charge in [-0.15, -0.1) is 0 Å². The van der Waals surface area contributed by atoms with Gasteiger partial charge in [0.1, 0.15) is 0 Å². The molecule has 16 N–H and O–H groups in total. The van der Waals surface area contributed by atoms with Crippen molar-refractivity contribution < 1.29 is 53.4 Å². The van der Waals surface area contributed by atoms with Crippen molar-refractivity contribution in [3.8, 4) is 0 Å². The van der Waals surface area contributed by atoms with E-state index >= 15 is 0 Å². The first kappa shape index (κ1) is 59.9. The van der Waals surface area contributed by atoms with Crippen LogP contribution < -0.4 is 0 Å². The third-order valence-corrected chi connectivity index (χ3v) is 1.37. The Morgan fingerprint density at radius 2 is 0.688 bits per heavy atom. The molecule has 16 heavy (non-hydrogen) atoms. The molecule has 0 heterocycles. The Morgan fingerprint density at radius 3 is 0.812 bits per heavy atom. The van der Waals surface area contributed by atoms with Crippen LogP contribution in [-0.4, -0.2) is 55.4 Å². The molecule has 0 aromatic rings. The highest BCUT2D eigenvalue weighted by molar-refractivity contribution is 6.37. The van der Waals surface area contributed by atoms with Crippen LogP contribution in [-0.2, 0) is 9.59 Å². The molecule has 0 atom stereocenters. The summed E-state index contributed by atoms with van der Waals surface area (Å²) in [5.41, 5.74) is 0. The van der Waals surface area contributed by atoms with Gasteiger partial charge in [0.15, 0.2) is 11.6 Å². The Morgan fingerprint density at radius 1 is 0.500 bits per heavy atom. The second kappa shape index (κ2) is 29.2. The first-order valence-electron chi connectivity index (χ1n) is 2.87. The molecule has 1 saturated carbocycles. The van der Waals surface area contributed by atoms with Crippen molar-refractivity contribution in [2.75, 3.05) is 0 Å². The van der Waals surface area contributed by atoms with Crippen LogP contribution in [0.4, 0.5) is 0 Å². The van der Waals surface area contributed by atoms with Crippen molar-refractivity contribution >= 4 is 11.6 Å². The smallest absolute Gasteiger partial charge is 0.198 e. The number of rotatable bonds is 0. The van der Waals surface area contributed by atoms with Gasteiger partial charge in [-0.2, -0.15) is 0 Å². The second-order valence-corrected chi connectivity index (χ2v) is 2.05. The highest BCUT2D eigenvalue weighted by atomic mass is 16.2. The molecule has 1 fully saturated rings. The summed E-state index contributed by atoms with van der Waals surface area (Å²) in [5, 5.41) is 0. The lowest BCUT2D eigenvalue weighted by atomic mass is 9.98. The molecule has 0 aromatic carbocycles. The number of carbonyl (C=O) groups is 2. The molecule has 0 radical (unpaired) electrons. The monoisotopic (exact) mass is 256 g/mol. The summed E-state index contributed by atoms with van der Waals surface area (Å²) in [6.45, 7) is 0. The summed E-state index contributed by atoms with van der Waals surface area (Å²) >= 11 is 0. The molecule has 0 aromatic heterocycles. The molecule has 0 unspecified atom stereocenters. The summed E-state index contributed by atoms with van der Waals surface area (Å²) in [7, 11) is 0. The third-order valence-electron chi connectivity index (χ3n) is 1.37. The minimum atomic E-state index is -0.170. The predicted octanol–water partition coefficient (Wildman–Crippen LogP) is -5.90. The van der Waals surface area contributed by atoms with Crippen LogP contribution in [0.1, 0.15) is 25.7 Å². The van der Waals surface area contributed by atoms with Crippen molar-refractivity contribution in [1.82, 2.24) is 0 Å². The van der Waals surface area contributed by atoms with E-state index in [4.69, 9.17) is 0 Å². The number of carbonyl (C=O) groups excluding carboxylic acids is 2. The molecule has 1 aliphatic rings. The van der Waals surface area contributed by atoms with Crippen LogP contribution in [0.3, 0.4) is 0 Å². The lowest BCUT2D eigenvalue weighted by Gasteiger charge is -2.04. The quantitative estimate of drug-likeness (QED) is 0.382. The van der Waals surface area contributed by atoms with Crippen LogP contribution in [0.15, 0.2) is 0 Å². The normalized spacial score (nSPS) is 10.8. The second-order valence-electron chi connectivity index (χ2n) is 2.05. The maximum atomic E-state index is 10.4. The van der Waals surface area contributed by atoms with E-state index in [1.165, 1.54) is 0 Å². The van der Waals surface area contributed by atoms with Gasteiger partial charge < -0.3 is 43.8 Å². The van der Waals surface area contributed by atoms with Gasteiger partial charge >= 0.3 is 0 Å². The van der Waals surface area contributed by atoms with E-state index in [0.717, 1.165) is 12.8 Å². The zero-order valence-electron chi connectivity index (χ0n) is 8.64. The molecule has 0 saturated heterocycles. The molecular formula is C6H24O10. The Labute approximate surface area is 91.7 Å². The summed E-state index contributed by atoms with van der Waals surface area (Å²) in [5.74, 6) is -0.340. The first-order valence-corrected chi connectivity index (χ1v) is 2.87. The van der Waals surface area contributed by atoms with Crippen molar-refractivity contribution in [2.45, 2.75) is 25.7 Å². The molecule has 1 aliphatic carbocycles. The summed E-state index contributed by atoms with van der Waals surface area (Å²) in [6, 6.07) is 0. The highest BCUT2D eigenvalue weighted by Crippen LogP contribution is 2.09. The maximum absolute atomic E-state index is 10.4. The van der Waals surface area contributed by atoms with Crippen LogP contribution in [0.25, 0.3) is 0 Å². The van der Waals surface area contributed by atoms with Gasteiger partial charge in [-0.05, 0) is 12.8 Å². The van der Waals surface area contributed by atoms with Gasteiger partial charge in [-0.3, -0.25) is 9.59 Å². The topological polar surface area (TPSA) is 286 Å². The molecular weight excluding hydrogens is 232 g/mol. The molecule has 10 nitrogen and oxygen atoms in total. The Balaban J connectivity index is -0.0000000133. The van der Waals surface area contributed by atoms with Crippen molar-refractivity contribution in [1.29, 1.82) is 0 Å². The lowest BCUT2D eigenvalue weighted by Crippen LogP contribution is -2.17. The molecule has 108 valence electrons. The minimum Gasteiger partial charge on any atom is -0.412 e. The maximum Gasteiger partial charge on any atom is 0.198 e. The average molecular weight is 256 g/mol. The highest BCUT2D eigenvalue weighted by Gasteiger charge is 2.16. The fourth-order valence-electron chi connectivity index (χ4n) is 0.850. The molecule has 0 bridgehead atoms. The van der Waals surface area contributed by atoms with E-state index in [2.05, 4.69) is 0 Å². The van der Waals surface area contributed by atoms with Gasteiger partial charge in [-0.25, -0.2) is 0 Å². The van der Waals surface area contributed by atoms with Crippen molar-refractivity contribution in [3.63, 3.8) is 0 Å². The Kier molecular flexibility index (Phi) is 109. The van der Waals surface area contributed by atoms with Crippen LogP contribution in [0, 0.1) is 0 Å². The van der Waals surface area contributed by atoms with E-state index in [1.807, 2.05) is 0 Å². The number of ketones is 2. The average Bonchev–Trinajstić information content (AvgIpc) is 1.77. The van der Waals surface area contributed by atoms with Gasteiger partial charge in [0, 0.05) is 12.8 Å². The van der Waals surface area contributed by atoms with Gasteiger partial charge in [0.05, 0.1) is 0 Å². The minimum absolute atomic E-state index is 0. The zero-order chi connectivity index (χ0) is 5.98. The summed E-state index contributed by atoms with van der Waals surface area (Å²) in [4.78, 5) is 20.9. The predicted molar refractivity (Wildman–Crippen MR) is 57.4 cm³/mol. The van der Waals surface area contributed by atoms with E-state index in [-0.39, 0.29) is 55.4 Å². The van der Waals surface area contributed by atoms with Gasteiger partial charge in [0.25, 0.3) is 0 Å². The Hall–Kier alpha value is -0.980.